The number of aliphatic carboxylic acids is 1. The van der Waals surface area contributed by atoms with Gasteiger partial charge in [-0.3, -0.25) is 9.59 Å². The number of hydrogen-bond donors (Lipinski definition) is 2. The standard InChI is InChI=1S/C17H28N2O3/c1-4-19-7-5-13(6-8-19)18-16(20)14-9-11(2)12(3)10-15(14)17(21)22/h13-15H,4-10H2,1-3H3,(H,18,20)(H,21,22). The number of likely N-dealkylation sites (tertiary alicyclic amines) is 1. The number of carbonyl (C=O) groups excluding carboxylic acids is 1. The number of hydrogen-bond acceptors (Lipinski definition) is 3. The number of nitrogens with one attached hydrogen (secondary N) is 1. The number of piperidine rings is 1. The molecule has 1 heterocycles. The summed E-state index contributed by atoms with van der Waals surface area (Å²) in [5.41, 5.74) is 2.28. The molecule has 2 atom stereocenters. The van der Waals surface area contributed by atoms with E-state index in [0.717, 1.165) is 38.0 Å². The second kappa shape index (κ2) is 7.27. The van der Waals surface area contributed by atoms with E-state index in [-0.39, 0.29) is 11.9 Å². The summed E-state index contributed by atoms with van der Waals surface area (Å²) in [6.45, 7) is 9.19. The highest BCUT2D eigenvalue weighted by Gasteiger charge is 2.38. The smallest absolute Gasteiger partial charge is 0.307 e. The molecule has 1 aliphatic carbocycles. The molecule has 2 N–H and O–H groups in total. The number of carboxylic acids is 1. The normalized spacial score (nSPS) is 27.8. The number of nitrogens with zero attached hydrogens (tertiary/aromatic N) is 1. The van der Waals surface area contributed by atoms with Crippen molar-refractivity contribution in [1.29, 1.82) is 0 Å². The lowest BCUT2D eigenvalue weighted by Gasteiger charge is -2.34. The maximum Gasteiger partial charge on any atom is 0.307 e. The molecule has 0 bridgehead atoms. The number of allylic oxidation sites excluding steroid dienone is 2. The van der Waals surface area contributed by atoms with Gasteiger partial charge in [0.15, 0.2) is 0 Å². The van der Waals surface area contributed by atoms with Gasteiger partial charge in [-0.15, -0.1) is 0 Å². The highest BCUT2D eigenvalue weighted by Crippen LogP contribution is 2.34. The Morgan fingerprint density at radius 1 is 1.14 bits per heavy atom. The molecule has 124 valence electrons. The second-order valence-electron chi connectivity index (χ2n) is 6.74. The van der Waals surface area contributed by atoms with E-state index in [1.165, 1.54) is 5.57 Å². The van der Waals surface area contributed by atoms with Gasteiger partial charge in [0.1, 0.15) is 0 Å². The highest BCUT2D eigenvalue weighted by molar-refractivity contribution is 5.85. The molecule has 0 spiro atoms. The zero-order chi connectivity index (χ0) is 16.3. The second-order valence-corrected chi connectivity index (χ2v) is 6.74. The van der Waals surface area contributed by atoms with E-state index in [2.05, 4.69) is 17.1 Å². The number of carbonyl (C=O) groups is 2. The molecule has 1 amide bonds. The van der Waals surface area contributed by atoms with Crippen molar-refractivity contribution >= 4 is 11.9 Å². The lowest BCUT2D eigenvalue weighted by atomic mass is 9.76. The molecular formula is C17H28N2O3. The zero-order valence-corrected chi connectivity index (χ0v) is 13.9. The monoisotopic (exact) mass is 308 g/mol. The van der Waals surface area contributed by atoms with Crippen molar-refractivity contribution in [3.8, 4) is 0 Å². The van der Waals surface area contributed by atoms with E-state index in [4.69, 9.17) is 0 Å². The van der Waals surface area contributed by atoms with Crippen LogP contribution in [0.15, 0.2) is 11.1 Å². The van der Waals surface area contributed by atoms with Gasteiger partial charge < -0.3 is 15.3 Å². The third-order valence-electron chi connectivity index (χ3n) is 5.30. The van der Waals surface area contributed by atoms with Gasteiger partial charge in [0.2, 0.25) is 5.91 Å². The van der Waals surface area contributed by atoms with E-state index in [9.17, 15) is 14.7 Å². The van der Waals surface area contributed by atoms with Gasteiger partial charge >= 0.3 is 5.97 Å². The third kappa shape index (κ3) is 3.88. The van der Waals surface area contributed by atoms with Crippen LogP contribution in [0.3, 0.4) is 0 Å². The molecule has 0 radical (unpaired) electrons. The summed E-state index contributed by atoms with van der Waals surface area (Å²) < 4.78 is 0. The Morgan fingerprint density at radius 2 is 1.68 bits per heavy atom. The molecule has 0 saturated carbocycles. The predicted octanol–water partition coefficient (Wildman–Crippen LogP) is 2.03. The molecule has 22 heavy (non-hydrogen) atoms. The average Bonchev–Trinajstić information content (AvgIpc) is 2.50. The van der Waals surface area contributed by atoms with Gasteiger partial charge in [0, 0.05) is 19.1 Å². The van der Waals surface area contributed by atoms with Gasteiger partial charge in [0.25, 0.3) is 0 Å². The number of rotatable bonds is 4. The van der Waals surface area contributed by atoms with Crippen molar-refractivity contribution in [1.82, 2.24) is 10.2 Å². The van der Waals surface area contributed by atoms with Crippen LogP contribution >= 0.6 is 0 Å². The Hall–Kier alpha value is -1.36. The third-order valence-corrected chi connectivity index (χ3v) is 5.30. The topological polar surface area (TPSA) is 69.6 Å². The number of carboxylic acid groups (broad SMARTS) is 1. The largest absolute Gasteiger partial charge is 0.481 e. The Morgan fingerprint density at radius 3 is 2.18 bits per heavy atom. The van der Waals surface area contributed by atoms with Crippen molar-refractivity contribution < 1.29 is 14.7 Å². The Labute approximate surface area is 132 Å². The van der Waals surface area contributed by atoms with Gasteiger partial charge in [-0.1, -0.05) is 18.1 Å². The van der Waals surface area contributed by atoms with Crippen molar-refractivity contribution in [2.75, 3.05) is 19.6 Å². The van der Waals surface area contributed by atoms with Gasteiger partial charge in [-0.2, -0.15) is 0 Å². The molecule has 0 aromatic carbocycles. The number of amides is 1. The first-order valence-electron chi connectivity index (χ1n) is 8.33. The van der Waals surface area contributed by atoms with Crippen LogP contribution in [0.25, 0.3) is 0 Å². The first kappa shape index (κ1) is 17.0. The van der Waals surface area contributed by atoms with E-state index in [1.54, 1.807) is 0 Å². The van der Waals surface area contributed by atoms with E-state index in [0.29, 0.717) is 12.8 Å². The summed E-state index contributed by atoms with van der Waals surface area (Å²) in [5, 5.41) is 12.5. The lowest BCUT2D eigenvalue weighted by Crippen LogP contribution is -2.48. The summed E-state index contributed by atoms with van der Waals surface area (Å²) in [6, 6.07) is 0.192. The minimum absolute atomic E-state index is 0.0748. The van der Waals surface area contributed by atoms with E-state index in [1.807, 2.05) is 13.8 Å². The van der Waals surface area contributed by atoms with Crippen LogP contribution in [0.2, 0.25) is 0 Å². The summed E-state index contributed by atoms with van der Waals surface area (Å²) >= 11 is 0. The zero-order valence-electron chi connectivity index (χ0n) is 13.9. The van der Waals surface area contributed by atoms with E-state index < -0.39 is 17.8 Å². The van der Waals surface area contributed by atoms with Crippen molar-refractivity contribution in [3.05, 3.63) is 11.1 Å². The van der Waals surface area contributed by atoms with Crippen molar-refractivity contribution in [2.24, 2.45) is 11.8 Å². The summed E-state index contributed by atoms with van der Waals surface area (Å²) in [7, 11) is 0. The molecule has 0 aromatic rings. The maximum absolute atomic E-state index is 12.6. The van der Waals surface area contributed by atoms with Crippen LogP contribution in [-0.4, -0.2) is 47.6 Å². The molecule has 2 aliphatic rings. The Balaban J connectivity index is 1.97. The van der Waals surface area contributed by atoms with E-state index >= 15 is 0 Å². The van der Waals surface area contributed by atoms with Gasteiger partial charge in [0.05, 0.1) is 11.8 Å². The van der Waals surface area contributed by atoms with Crippen LogP contribution in [0.4, 0.5) is 0 Å². The molecule has 5 heteroatoms. The average molecular weight is 308 g/mol. The lowest BCUT2D eigenvalue weighted by molar-refractivity contribution is -0.147. The van der Waals surface area contributed by atoms with Crippen LogP contribution in [0, 0.1) is 11.8 Å². The minimum atomic E-state index is -0.854. The first-order chi connectivity index (χ1) is 10.4. The Kier molecular flexibility index (Phi) is 5.62. The van der Waals surface area contributed by atoms with Crippen molar-refractivity contribution in [2.45, 2.75) is 52.5 Å². The fraction of sp³-hybridized carbons (Fsp3) is 0.765. The van der Waals surface area contributed by atoms with Crippen LogP contribution in [0.1, 0.15) is 46.5 Å². The minimum Gasteiger partial charge on any atom is -0.481 e. The Bertz CT molecular complexity index is 465. The molecule has 0 aromatic heterocycles. The maximum atomic E-state index is 12.6. The molecule has 1 aliphatic heterocycles. The SMILES string of the molecule is CCN1CCC(NC(=O)C2CC(C)=C(C)CC2C(=O)O)CC1. The van der Waals surface area contributed by atoms with Crippen LogP contribution < -0.4 is 5.32 Å². The van der Waals surface area contributed by atoms with Crippen LogP contribution in [0.5, 0.6) is 0 Å². The quantitative estimate of drug-likeness (QED) is 0.780. The van der Waals surface area contributed by atoms with Crippen LogP contribution in [-0.2, 0) is 9.59 Å². The molecule has 1 saturated heterocycles. The summed E-state index contributed by atoms with van der Waals surface area (Å²) in [4.78, 5) is 26.4. The summed E-state index contributed by atoms with van der Waals surface area (Å²) in [6.07, 6.45) is 2.98. The molecule has 2 unspecified atom stereocenters. The molecule has 2 rings (SSSR count). The first-order valence-corrected chi connectivity index (χ1v) is 8.33. The van der Waals surface area contributed by atoms with Crippen molar-refractivity contribution in [3.63, 3.8) is 0 Å². The fourth-order valence-electron chi connectivity index (χ4n) is 3.53. The molecule has 1 fully saturated rings. The fourth-order valence-corrected chi connectivity index (χ4v) is 3.53. The highest BCUT2D eigenvalue weighted by atomic mass is 16.4. The van der Waals surface area contributed by atoms with Gasteiger partial charge in [-0.05, 0) is 46.1 Å². The van der Waals surface area contributed by atoms with Gasteiger partial charge in [-0.25, -0.2) is 0 Å². The predicted molar refractivity (Wildman–Crippen MR) is 85.5 cm³/mol. The molecule has 5 nitrogen and oxygen atoms in total. The summed E-state index contributed by atoms with van der Waals surface area (Å²) in [5.74, 6) is -1.94. The molecular weight excluding hydrogens is 280 g/mol.